The van der Waals surface area contributed by atoms with Crippen LogP contribution in [0.3, 0.4) is 0 Å². The van der Waals surface area contributed by atoms with Gasteiger partial charge in [-0.2, -0.15) is 0 Å². The number of phenolic OH excluding ortho intramolecular Hbond substituents is 1. The Labute approximate surface area is 102 Å². The van der Waals surface area contributed by atoms with Gasteiger partial charge in [0.15, 0.2) is 0 Å². The fourth-order valence-corrected chi connectivity index (χ4v) is 1.73. The Morgan fingerprint density at radius 3 is 2.75 bits per heavy atom. The highest BCUT2D eigenvalue weighted by Crippen LogP contribution is 2.26. The van der Waals surface area contributed by atoms with Crippen molar-refractivity contribution in [1.82, 2.24) is 4.90 Å². The van der Waals surface area contributed by atoms with E-state index in [4.69, 9.17) is 16.3 Å². The molecule has 0 heterocycles. The molecule has 1 N–H and O–H groups in total. The predicted octanol–water partition coefficient (Wildman–Crippen LogP) is 2.51. The maximum atomic E-state index is 9.72. The Kier molecular flexibility index (Phi) is 5.60. The van der Waals surface area contributed by atoms with E-state index in [2.05, 4.69) is 11.8 Å². The lowest BCUT2D eigenvalue weighted by molar-refractivity contribution is 0.147. The molecule has 1 aromatic rings. The van der Waals surface area contributed by atoms with Gasteiger partial charge in [-0.05, 0) is 18.7 Å². The second-order valence-electron chi connectivity index (χ2n) is 3.60. The van der Waals surface area contributed by atoms with Gasteiger partial charge in [-0.15, -0.1) is 0 Å². The van der Waals surface area contributed by atoms with Crippen LogP contribution in [-0.2, 0) is 11.3 Å². The normalized spacial score (nSPS) is 11.0. The second-order valence-corrected chi connectivity index (χ2v) is 4.01. The first-order chi connectivity index (χ1) is 7.69. The minimum absolute atomic E-state index is 0.253. The van der Waals surface area contributed by atoms with E-state index in [1.54, 1.807) is 25.3 Å². The lowest BCUT2D eigenvalue weighted by Crippen LogP contribution is -2.26. The molecule has 0 fully saturated rings. The zero-order chi connectivity index (χ0) is 12.0. The summed E-state index contributed by atoms with van der Waals surface area (Å²) in [5.41, 5.74) is 0.780. The van der Waals surface area contributed by atoms with Gasteiger partial charge in [0.25, 0.3) is 0 Å². The summed E-state index contributed by atoms with van der Waals surface area (Å²) in [4.78, 5) is 2.17. The quantitative estimate of drug-likeness (QED) is 0.834. The number of hydrogen-bond acceptors (Lipinski definition) is 3. The number of benzene rings is 1. The van der Waals surface area contributed by atoms with E-state index in [0.717, 1.165) is 18.7 Å². The number of aromatic hydroxyl groups is 1. The Hall–Kier alpha value is -0.770. The number of likely N-dealkylation sites (N-methyl/N-ethyl adjacent to an activating group) is 1. The molecule has 0 atom stereocenters. The smallest absolute Gasteiger partial charge is 0.121 e. The Balaban J connectivity index is 2.69. The fraction of sp³-hybridized carbons (Fsp3) is 0.500. The molecular formula is C12H18ClNO2. The fourth-order valence-electron chi connectivity index (χ4n) is 1.50. The van der Waals surface area contributed by atoms with E-state index in [1.807, 2.05) is 0 Å². The molecule has 0 spiro atoms. The van der Waals surface area contributed by atoms with Crippen molar-refractivity contribution in [3.8, 4) is 5.75 Å². The summed E-state index contributed by atoms with van der Waals surface area (Å²) >= 11 is 6.05. The molecule has 0 bridgehead atoms. The Bertz CT molecular complexity index is 311. The molecule has 0 amide bonds. The number of nitrogens with zero attached hydrogens (tertiary/aromatic N) is 1. The third kappa shape index (κ3) is 3.67. The minimum Gasteiger partial charge on any atom is -0.508 e. The largest absolute Gasteiger partial charge is 0.508 e. The highest BCUT2D eigenvalue weighted by Gasteiger charge is 2.10. The van der Waals surface area contributed by atoms with Crippen molar-refractivity contribution >= 4 is 11.6 Å². The molecule has 3 nitrogen and oxygen atoms in total. The summed E-state index contributed by atoms with van der Waals surface area (Å²) in [6.07, 6.45) is 0. The van der Waals surface area contributed by atoms with E-state index < -0.39 is 0 Å². The summed E-state index contributed by atoms with van der Waals surface area (Å²) in [6.45, 7) is 5.12. The maximum Gasteiger partial charge on any atom is 0.121 e. The average molecular weight is 244 g/mol. The first-order valence-corrected chi connectivity index (χ1v) is 5.74. The number of rotatable bonds is 6. The molecule has 0 radical (unpaired) electrons. The minimum atomic E-state index is 0.253. The van der Waals surface area contributed by atoms with Crippen molar-refractivity contribution < 1.29 is 9.84 Å². The number of methoxy groups -OCH3 is 1. The number of ether oxygens (including phenoxy) is 1. The van der Waals surface area contributed by atoms with Gasteiger partial charge in [0.2, 0.25) is 0 Å². The summed E-state index contributed by atoms with van der Waals surface area (Å²) in [5.74, 6) is 0.253. The molecule has 1 aromatic carbocycles. The highest BCUT2D eigenvalue weighted by molar-refractivity contribution is 6.31. The van der Waals surface area contributed by atoms with E-state index >= 15 is 0 Å². The molecule has 1 rings (SSSR count). The van der Waals surface area contributed by atoms with Crippen molar-refractivity contribution in [3.63, 3.8) is 0 Å². The molecule has 90 valence electrons. The SMILES string of the molecule is CCN(CCOC)Cc1c(O)cccc1Cl. The number of phenols is 1. The molecule has 4 heteroatoms. The summed E-state index contributed by atoms with van der Waals surface area (Å²) in [7, 11) is 1.68. The summed E-state index contributed by atoms with van der Waals surface area (Å²) in [6, 6.07) is 5.19. The lowest BCUT2D eigenvalue weighted by Gasteiger charge is -2.21. The third-order valence-corrected chi connectivity index (χ3v) is 2.89. The molecule has 0 aliphatic carbocycles. The van der Waals surface area contributed by atoms with Gasteiger partial charge in [0.1, 0.15) is 5.75 Å². The molecule has 16 heavy (non-hydrogen) atoms. The molecule has 0 aromatic heterocycles. The number of hydrogen-bond donors (Lipinski definition) is 1. The third-order valence-electron chi connectivity index (χ3n) is 2.53. The lowest BCUT2D eigenvalue weighted by atomic mass is 10.2. The molecule has 0 saturated carbocycles. The highest BCUT2D eigenvalue weighted by atomic mass is 35.5. The monoisotopic (exact) mass is 243 g/mol. The van der Waals surface area contributed by atoms with Crippen LogP contribution in [-0.4, -0.2) is 36.8 Å². The van der Waals surface area contributed by atoms with Crippen LogP contribution < -0.4 is 0 Å². The zero-order valence-electron chi connectivity index (χ0n) is 9.74. The summed E-state index contributed by atoms with van der Waals surface area (Å²) in [5, 5.41) is 10.3. The van der Waals surface area contributed by atoms with Crippen LogP contribution >= 0.6 is 11.6 Å². The van der Waals surface area contributed by atoms with Gasteiger partial charge in [-0.25, -0.2) is 0 Å². The molecule has 0 saturated heterocycles. The molecule has 0 unspecified atom stereocenters. The van der Waals surface area contributed by atoms with Crippen LogP contribution in [0.25, 0.3) is 0 Å². The van der Waals surface area contributed by atoms with Gasteiger partial charge < -0.3 is 9.84 Å². The first kappa shape index (κ1) is 13.3. The molecule has 0 aliphatic rings. The van der Waals surface area contributed by atoms with Gasteiger partial charge in [0.05, 0.1) is 6.61 Å². The van der Waals surface area contributed by atoms with Crippen molar-refractivity contribution in [3.05, 3.63) is 28.8 Å². The second kappa shape index (κ2) is 6.74. The van der Waals surface area contributed by atoms with Gasteiger partial charge >= 0.3 is 0 Å². The Morgan fingerprint density at radius 2 is 2.19 bits per heavy atom. The van der Waals surface area contributed by atoms with E-state index in [9.17, 15) is 5.11 Å². The Morgan fingerprint density at radius 1 is 1.44 bits per heavy atom. The number of halogens is 1. The van der Waals surface area contributed by atoms with Crippen molar-refractivity contribution in [2.75, 3.05) is 26.8 Å². The zero-order valence-corrected chi connectivity index (χ0v) is 10.5. The van der Waals surface area contributed by atoms with Gasteiger partial charge in [0, 0.05) is 30.8 Å². The van der Waals surface area contributed by atoms with Crippen LogP contribution in [0.5, 0.6) is 5.75 Å². The van der Waals surface area contributed by atoms with E-state index in [1.165, 1.54) is 0 Å². The molecular weight excluding hydrogens is 226 g/mol. The average Bonchev–Trinajstić information content (AvgIpc) is 2.28. The van der Waals surface area contributed by atoms with Gasteiger partial charge in [-0.3, -0.25) is 4.90 Å². The maximum absolute atomic E-state index is 9.72. The van der Waals surface area contributed by atoms with Gasteiger partial charge in [-0.1, -0.05) is 24.6 Å². The topological polar surface area (TPSA) is 32.7 Å². The van der Waals surface area contributed by atoms with E-state index in [0.29, 0.717) is 18.2 Å². The standard InChI is InChI=1S/C12H18ClNO2/c1-3-14(7-8-16-2)9-10-11(13)5-4-6-12(10)15/h4-6,15H,3,7-9H2,1-2H3. The summed E-state index contributed by atoms with van der Waals surface area (Å²) < 4.78 is 5.04. The van der Waals surface area contributed by atoms with Crippen LogP contribution in [0, 0.1) is 0 Å². The first-order valence-electron chi connectivity index (χ1n) is 5.36. The van der Waals surface area contributed by atoms with Crippen molar-refractivity contribution in [2.45, 2.75) is 13.5 Å². The van der Waals surface area contributed by atoms with Crippen LogP contribution in [0.4, 0.5) is 0 Å². The van der Waals surface area contributed by atoms with Crippen molar-refractivity contribution in [2.24, 2.45) is 0 Å². The predicted molar refractivity (Wildman–Crippen MR) is 65.9 cm³/mol. The van der Waals surface area contributed by atoms with Crippen LogP contribution in [0.15, 0.2) is 18.2 Å². The van der Waals surface area contributed by atoms with Crippen LogP contribution in [0.2, 0.25) is 5.02 Å². The molecule has 0 aliphatic heterocycles. The van der Waals surface area contributed by atoms with E-state index in [-0.39, 0.29) is 5.75 Å². The van der Waals surface area contributed by atoms with Crippen LogP contribution in [0.1, 0.15) is 12.5 Å². The van der Waals surface area contributed by atoms with Crippen molar-refractivity contribution in [1.29, 1.82) is 0 Å².